The Hall–Kier alpha value is -2.25. The minimum Gasteiger partial charge on any atom is -0.370 e. The van der Waals surface area contributed by atoms with Crippen LogP contribution in [0.25, 0.3) is 0 Å². The molecule has 1 amide bonds. The first kappa shape index (κ1) is 15.1. The van der Waals surface area contributed by atoms with Gasteiger partial charge in [0, 0.05) is 12.2 Å². The second-order valence-electron chi connectivity index (χ2n) is 4.77. The first-order valence-electron chi connectivity index (χ1n) is 6.36. The molecule has 0 spiro atoms. The maximum atomic E-state index is 12.7. The Morgan fingerprint density at radius 2 is 2.05 bits per heavy atom. The molecule has 1 saturated heterocycles. The number of hydrogen-bond donors (Lipinski definition) is 2. The topological polar surface area (TPSA) is 84.7 Å². The zero-order chi connectivity index (χ0) is 15.6. The lowest BCUT2D eigenvalue weighted by Crippen LogP contribution is -2.37. The molecule has 2 rings (SSSR count). The number of carbonyl (C=O) groups is 1. The molecular formula is C13H15F3N4O. The van der Waals surface area contributed by atoms with Crippen LogP contribution in [-0.4, -0.2) is 24.5 Å². The summed E-state index contributed by atoms with van der Waals surface area (Å²) >= 11 is 0. The van der Waals surface area contributed by atoms with Gasteiger partial charge in [-0.2, -0.15) is 18.2 Å². The number of nitrogens with zero attached hydrogens (tertiary/aromatic N) is 2. The van der Waals surface area contributed by atoms with Crippen molar-refractivity contribution in [1.29, 1.82) is 0 Å². The smallest absolute Gasteiger partial charge is 0.370 e. The standard InChI is InChI=1S/C13H15F3N4O/c14-13(15,16)8-3-1-4-9(7-8)20-6-2-5-10(20)11(21)19-12(17)18/h1,3-4,7,10H,2,5-6H2,(H4,17,18,19,21). The number of alkyl halides is 3. The van der Waals surface area contributed by atoms with E-state index in [4.69, 9.17) is 11.5 Å². The van der Waals surface area contributed by atoms with Crippen LogP contribution in [0.2, 0.25) is 0 Å². The minimum absolute atomic E-state index is 0.339. The molecule has 0 saturated carbocycles. The van der Waals surface area contributed by atoms with Crippen molar-refractivity contribution < 1.29 is 18.0 Å². The van der Waals surface area contributed by atoms with Gasteiger partial charge in [-0.1, -0.05) is 6.07 Å². The van der Waals surface area contributed by atoms with E-state index in [9.17, 15) is 18.0 Å². The third-order valence-electron chi connectivity index (χ3n) is 3.28. The highest BCUT2D eigenvalue weighted by Gasteiger charge is 2.34. The number of halogens is 3. The normalized spacial score (nSPS) is 18.6. The van der Waals surface area contributed by atoms with Crippen LogP contribution in [0, 0.1) is 0 Å². The zero-order valence-electron chi connectivity index (χ0n) is 11.1. The van der Waals surface area contributed by atoms with E-state index in [1.807, 2.05) is 0 Å². The molecule has 1 fully saturated rings. The molecule has 1 aromatic rings. The van der Waals surface area contributed by atoms with Crippen molar-refractivity contribution in [3.63, 3.8) is 0 Å². The maximum absolute atomic E-state index is 12.7. The van der Waals surface area contributed by atoms with E-state index in [0.717, 1.165) is 12.1 Å². The third-order valence-corrected chi connectivity index (χ3v) is 3.28. The number of rotatable bonds is 2. The molecular weight excluding hydrogens is 285 g/mol. The predicted octanol–water partition coefficient (Wildman–Crippen LogP) is 1.47. The van der Waals surface area contributed by atoms with Crippen molar-refractivity contribution in [2.24, 2.45) is 16.5 Å². The average molecular weight is 300 g/mol. The van der Waals surface area contributed by atoms with Gasteiger partial charge in [0.15, 0.2) is 5.96 Å². The van der Waals surface area contributed by atoms with Gasteiger partial charge in [0.2, 0.25) is 0 Å². The average Bonchev–Trinajstić information content (AvgIpc) is 2.86. The van der Waals surface area contributed by atoms with E-state index in [0.29, 0.717) is 25.1 Å². The van der Waals surface area contributed by atoms with Crippen molar-refractivity contribution in [2.45, 2.75) is 25.1 Å². The van der Waals surface area contributed by atoms with Crippen molar-refractivity contribution in [3.05, 3.63) is 29.8 Å². The molecule has 1 unspecified atom stereocenters. The van der Waals surface area contributed by atoms with Gasteiger partial charge < -0.3 is 16.4 Å². The van der Waals surface area contributed by atoms with Crippen molar-refractivity contribution in [3.8, 4) is 0 Å². The van der Waals surface area contributed by atoms with Crippen molar-refractivity contribution in [2.75, 3.05) is 11.4 Å². The first-order valence-corrected chi connectivity index (χ1v) is 6.36. The van der Waals surface area contributed by atoms with Crippen molar-refractivity contribution in [1.82, 2.24) is 0 Å². The monoisotopic (exact) mass is 300 g/mol. The van der Waals surface area contributed by atoms with E-state index in [-0.39, 0.29) is 5.96 Å². The number of hydrogen-bond acceptors (Lipinski definition) is 2. The molecule has 0 radical (unpaired) electrons. The maximum Gasteiger partial charge on any atom is 0.416 e. The molecule has 1 aliphatic rings. The summed E-state index contributed by atoms with van der Waals surface area (Å²) in [5.74, 6) is -0.888. The summed E-state index contributed by atoms with van der Waals surface area (Å²) in [4.78, 5) is 17.0. The summed E-state index contributed by atoms with van der Waals surface area (Å²) in [6.07, 6.45) is -3.23. The zero-order valence-corrected chi connectivity index (χ0v) is 11.1. The lowest BCUT2D eigenvalue weighted by atomic mass is 10.1. The van der Waals surface area contributed by atoms with Crippen LogP contribution in [0.15, 0.2) is 29.3 Å². The van der Waals surface area contributed by atoms with Crippen LogP contribution in [-0.2, 0) is 11.0 Å². The number of carbonyl (C=O) groups excluding carboxylic acids is 1. The molecule has 0 aromatic heterocycles. The Bertz CT molecular complexity index is 567. The van der Waals surface area contributed by atoms with Crippen LogP contribution >= 0.6 is 0 Å². The molecule has 1 heterocycles. The summed E-state index contributed by atoms with van der Waals surface area (Å²) in [6, 6.07) is 4.25. The minimum atomic E-state index is -4.42. The summed E-state index contributed by atoms with van der Waals surface area (Å²) in [5, 5.41) is 0. The van der Waals surface area contributed by atoms with Gasteiger partial charge in [-0.25, -0.2) is 0 Å². The summed E-state index contributed by atoms with van der Waals surface area (Å²) in [5.41, 5.74) is 9.92. The fourth-order valence-corrected chi connectivity index (χ4v) is 2.40. The molecule has 1 aliphatic heterocycles. The summed E-state index contributed by atoms with van der Waals surface area (Å²) in [7, 11) is 0. The van der Waals surface area contributed by atoms with Crippen LogP contribution in [0.5, 0.6) is 0 Å². The molecule has 0 bridgehead atoms. The van der Waals surface area contributed by atoms with Gasteiger partial charge in [0.1, 0.15) is 6.04 Å². The van der Waals surface area contributed by atoms with Gasteiger partial charge in [-0.05, 0) is 31.0 Å². The number of amides is 1. The molecule has 1 aromatic carbocycles. The number of aliphatic imine (C=N–C) groups is 1. The molecule has 4 N–H and O–H groups in total. The third kappa shape index (κ3) is 3.45. The van der Waals surface area contributed by atoms with Gasteiger partial charge in [0.25, 0.3) is 5.91 Å². The van der Waals surface area contributed by atoms with Gasteiger partial charge in [-0.3, -0.25) is 4.79 Å². The highest BCUT2D eigenvalue weighted by Crippen LogP contribution is 2.33. The lowest BCUT2D eigenvalue weighted by Gasteiger charge is -2.25. The van der Waals surface area contributed by atoms with E-state index in [1.165, 1.54) is 12.1 Å². The summed E-state index contributed by atoms with van der Waals surface area (Å²) < 4.78 is 38.2. The van der Waals surface area contributed by atoms with E-state index in [2.05, 4.69) is 4.99 Å². The van der Waals surface area contributed by atoms with E-state index < -0.39 is 23.7 Å². The summed E-state index contributed by atoms with van der Waals surface area (Å²) in [6.45, 7) is 0.484. The number of nitrogens with two attached hydrogens (primary N) is 2. The first-order chi connectivity index (χ1) is 9.79. The molecule has 8 heteroatoms. The molecule has 0 aliphatic carbocycles. The van der Waals surface area contributed by atoms with Crippen LogP contribution in [0.3, 0.4) is 0 Å². The Morgan fingerprint density at radius 3 is 2.67 bits per heavy atom. The SMILES string of the molecule is NC(N)=NC(=O)C1CCCN1c1cccc(C(F)(F)F)c1. The lowest BCUT2D eigenvalue weighted by molar-refractivity contribution is -0.137. The highest BCUT2D eigenvalue weighted by molar-refractivity contribution is 5.96. The number of anilines is 1. The fourth-order valence-electron chi connectivity index (χ4n) is 2.40. The quantitative estimate of drug-likeness (QED) is 0.640. The van der Waals surface area contributed by atoms with Gasteiger partial charge >= 0.3 is 6.18 Å². The highest BCUT2D eigenvalue weighted by atomic mass is 19.4. The largest absolute Gasteiger partial charge is 0.416 e. The number of benzene rings is 1. The molecule has 1 atom stereocenters. The predicted molar refractivity (Wildman–Crippen MR) is 72.6 cm³/mol. The van der Waals surface area contributed by atoms with Crippen molar-refractivity contribution >= 4 is 17.6 Å². The Kier molecular flexibility index (Phi) is 4.06. The second-order valence-corrected chi connectivity index (χ2v) is 4.77. The van der Waals surface area contributed by atoms with E-state index >= 15 is 0 Å². The second kappa shape index (κ2) is 5.63. The molecule has 114 valence electrons. The molecule has 5 nitrogen and oxygen atoms in total. The van der Waals surface area contributed by atoms with Gasteiger partial charge in [-0.15, -0.1) is 0 Å². The Balaban J connectivity index is 2.28. The Morgan fingerprint density at radius 1 is 1.33 bits per heavy atom. The fraction of sp³-hybridized carbons (Fsp3) is 0.385. The molecule has 21 heavy (non-hydrogen) atoms. The van der Waals surface area contributed by atoms with Crippen LogP contribution < -0.4 is 16.4 Å². The van der Waals surface area contributed by atoms with E-state index in [1.54, 1.807) is 4.90 Å². The van der Waals surface area contributed by atoms with Crippen LogP contribution in [0.1, 0.15) is 18.4 Å². The Labute approximate surface area is 119 Å². The van der Waals surface area contributed by atoms with Crippen LogP contribution in [0.4, 0.5) is 18.9 Å². The van der Waals surface area contributed by atoms with Gasteiger partial charge in [0.05, 0.1) is 5.56 Å². The number of guanidine groups is 1.